The first kappa shape index (κ1) is 25.1. The van der Waals surface area contributed by atoms with E-state index in [9.17, 15) is 13.2 Å². The van der Waals surface area contributed by atoms with Crippen molar-refractivity contribution < 1.29 is 13.2 Å². The third-order valence-corrected chi connectivity index (χ3v) is 7.21. The van der Waals surface area contributed by atoms with E-state index in [0.29, 0.717) is 12.5 Å². The maximum absolute atomic E-state index is 13.0. The highest BCUT2D eigenvalue weighted by molar-refractivity contribution is 5.93. The van der Waals surface area contributed by atoms with Crippen LogP contribution in [0, 0.1) is 13.8 Å². The van der Waals surface area contributed by atoms with Crippen molar-refractivity contribution >= 4 is 29.1 Å². The minimum atomic E-state index is -4.33. The second-order valence-electron chi connectivity index (χ2n) is 9.19. The van der Waals surface area contributed by atoms with E-state index in [1.807, 2.05) is 12.3 Å². The van der Waals surface area contributed by atoms with Gasteiger partial charge in [0.25, 0.3) is 0 Å². The normalized spacial score (nSPS) is 14.8. The average Bonchev–Trinajstić information content (AvgIpc) is 3.09. The molecule has 0 unspecified atom stereocenters. The number of benzene rings is 2. The van der Waals surface area contributed by atoms with Gasteiger partial charge in [0, 0.05) is 36.9 Å². The topological polar surface area (TPSA) is 21.1 Å². The summed E-state index contributed by atoms with van der Waals surface area (Å²) in [7, 11) is 0. The molecule has 1 fully saturated rings. The van der Waals surface area contributed by atoms with Gasteiger partial charge in [-0.3, -0.25) is 0 Å². The number of aryl methyl sites for hydroxylation is 1. The highest BCUT2D eigenvalue weighted by atomic mass is 35.5. The molecule has 0 N–H and O–H groups in total. The third-order valence-electron chi connectivity index (χ3n) is 7.21. The summed E-state index contributed by atoms with van der Waals surface area (Å²) in [6, 6.07) is 18.2. The molecular formula is C28H29ClF3N3. The summed E-state index contributed by atoms with van der Waals surface area (Å²) < 4.78 is 41.2. The lowest BCUT2D eigenvalue weighted by Gasteiger charge is -2.33. The summed E-state index contributed by atoms with van der Waals surface area (Å²) in [5.41, 5.74) is 4.98. The Balaban J connectivity index is 0.00000289. The Hall–Kier alpha value is -2.99. The van der Waals surface area contributed by atoms with Crippen LogP contribution >= 0.6 is 12.4 Å². The molecule has 1 aliphatic rings. The molecule has 2 aromatic heterocycles. The number of aromatic nitrogens is 2. The lowest BCUT2D eigenvalue weighted by molar-refractivity contribution is -0.137. The Labute approximate surface area is 210 Å². The van der Waals surface area contributed by atoms with E-state index < -0.39 is 11.7 Å². The molecule has 4 aromatic rings. The van der Waals surface area contributed by atoms with Crippen molar-refractivity contribution in [1.29, 1.82) is 0 Å². The van der Waals surface area contributed by atoms with Gasteiger partial charge in [0.2, 0.25) is 0 Å². The number of halogens is 4. The van der Waals surface area contributed by atoms with Gasteiger partial charge in [-0.2, -0.15) is 13.2 Å². The molecule has 7 heteroatoms. The van der Waals surface area contributed by atoms with E-state index in [0.717, 1.165) is 66.0 Å². The minimum absolute atomic E-state index is 0. The van der Waals surface area contributed by atoms with E-state index in [-0.39, 0.29) is 12.4 Å². The van der Waals surface area contributed by atoms with Gasteiger partial charge in [0.15, 0.2) is 5.82 Å². The van der Waals surface area contributed by atoms with Gasteiger partial charge in [-0.05, 0) is 67.5 Å². The Morgan fingerprint density at radius 2 is 1.57 bits per heavy atom. The minimum Gasteiger partial charge on any atom is -0.355 e. The van der Waals surface area contributed by atoms with Crippen LogP contribution in [-0.4, -0.2) is 22.6 Å². The smallest absolute Gasteiger partial charge is 0.355 e. The van der Waals surface area contributed by atoms with Crippen LogP contribution in [-0.2, 0) is 12.7 Å². The summed E-state index contributed by atoms with van der Waals surface area (Å²) in [5, 5.41) is 1.15. The number of pyridine rings is 1. The highest BCUT2D eigenvalue weighted by Gasteiger charge is 2.30. The summed E-state index contributed by atoms with van der Waals surface area (Å²) >= 11 is 0. The van der Waals surface area contributed by atoms with Crippen LogP contribution < -0.4 is 4.90 Å². The molecular weight excluding hydrogens is 471 g/mol. The van der Waals surface area contributed by atoms with Gasteiger partial charge >= 0.3 is 6.18 Å². The molecule has 3 nitrogen and oxygen atoms in total. The number of hydrogen-bond donors (Lipinski definition) is 0. The molecule has 0 radical (unpaired) electrons. The van der Waals surface area contributed by atoms with E-state index in [4.69, 9.17) is 4.98 Å². The molecule has 5 rings (SSSR count). The molecule has 2 aromatic carbocycles. The molecule has 0 saturated carbocycles. The van der Waals surface area contributed by atoms with Crippen LogP contribution in [0.3, 0.4) is 0 Å². The Morgan fingerprint density at radius 1 is 0.914 bits per heavy atom. The molecule has 184 valence electrons. The van der Waals surface area contributed by atoms with Crippen LogP contribution in [0.4, 0.5) is 19.0 Å². The van der Waals surface area contributed by atoms with Crippen molar-refractivity contribution in [2.75, 3.05) is 18.0 Å². The van der Waals surface area contributed by atoms with Gasteiger partial charge in [0.05, 0.1) is 11.1 Å². The molecule has 0 amide bonds. The van der Waals surface area contributed by atoms with E-state index in [1.54, 1.807) is 12.1 Å². The highest BCUT2D eigenvalue weighted by Crippen LogP contribution is 2.36. The van der Waals surface area contributed by atoms with Crippen LogP contribution in [0.1, 0.15) is 46.7 Å². The third kappa shape index (κ3) is 4.90. The molecule has 3 heterocycles. The first-order valence-corrected chi connectivity index (χ1v) is 11.7. The van der Waals surface area contributed by atoms with Gasteiger partial charge in [-0.25, -0.2) is 4.98 Å². The second-order valence-corrected chi connectivity index (χ2v) is 9.19. The quantitative estimate of drug-likeness (QED) is 0.289. The van der Waals surface area contributed by atoms with Gasteiger partial charge in [-0.15, -0.1) is 12.4 Å². The fourth-order valence-electron chi connectivity index (χ4n) is 5.14. The first-order chi connectivity index (χ1) is 16.3. The Kier molecular flexibility index (Phi) is 7.13. The van der Waals surface area contributed by atoms with Crippen LogP contribution in [0.2, 0.25) is 0 Å². The van der Waals surface area contributed by atoms with Crippen molar-refractivity contribution in [2.45, 2.75) is 45.3 Å². The standard InChI is InChI=1S/C28H28F3N3.ClH/c1-19-20(2)34(18-21-8-10-24(11-9-21)28(29,30)31)26-25(19)12-15-32-27(26)33-16-13-23(14-17-33)22-6-4-3-5-7-22;/h3-12,15,23H,13-14,16-18H2,1-2H3;1H. The average molecular weight is 500 g/mol. The number of nitrogens with zero attached hydrogens (tertiary/aromatic N) is 3. The number of piperidine rings is 1. The molecule has 1 saturated heterocycles. The predicted octanol–water partition coefficient (Wildman–Crippen LogP) is 7.53. The maximum atomic E-state index is 13.0. The lowest BCUT2D eigenvalue weighted by Crippen LogP contribution is -2.33. The summed E-state index contributed by atoms with van der Waals surface area (Å²) in [5.74, 6) is 1.52. The zero-order valence-electron chi connectivity index (χ0n) is 19.8. The molecule has 0 spiro atoms. The maximum Gasteiger partial charge on any atom is 0.416 e. The summed E-state index contributed by atoms with van der Waals surface area (Å²) in [6.45, 7) is 6.54. The van der Waals surface area contributed by atoms with E-state index >= 15 is 0 Å². The van der Waals surface area contributed by atoms with Crippen LogP contribution in [0.15, 0.2) is 66.9 Å². The van der Waals surface area contributed by atoms with Crippen molar-refractivity contribution in [1.82, 2.24) is 9.55 Å². The van der Waals surface area contributed by atoms with Crippen LogP contribution in [0.25, 0.3) is 10.9 Å². The number of hydrogen-bond acceptors (Lipinski definition) is 2. The molecule has 0 bridgehead atoms. The fraction of sp³-hybridized carbons (Fsp3) is 0.321. The molecule has 1 aliphatic heterocycles. The van der Waals surface area contributed by atoms with Gasteiger partial charge < -0.3 is 9.47 Å². The Bertz CT molecular complexity index is 1290. The zero-order chi connectivity index (χ0) is 23.9. The van der Waals surface area contributed by atoms with Gasteiger partial charge in [-0.1, -0.05) is 42.5 Å². The monoisotopic (exact) mass is 499 g/mol. The number of alkyl halides is 3. The van der Waals surface area contributed by atoms with E-state index in [1.165, 1.54) is 11.1 Å². The van der Waals surface area contributed by atoms with Crippen LogP contribution in [0.5, 0.6) is 0 Å². The van der Waals surface area contributed by atoms with Gasteiger partial charge in [0.1, 0.15) is 0 Å². The van der Waals surface area contributed by atoms with Crippen molar-refractivity contribution in [3.05, 3.63) is 94.8 Å². The fourth-order valence-corrected chi connectivity index (χ4v) is 5.14. The number of anilines is 1. The largest absolute Gasteiger partial charge is 0.416 e. The van der Waals surface area contributed by atoms with Crippen molar-refractivity contribution in [2.24, 2.45) is 0 Å². The Morgan fingerprint density at radius 3 is 2.20 bits per heavy atom. The first-order valence-electron chi connectivity index (χ1n) is 11.7. The zero-order valence-corrected chi connectivity index (χ0v) is 20.7. The molecule has 35 heavy (non-hydrogen) atoms. The molecule has 0 atom stereocenters. The number of rotatable bonds is 4. The summed E-state index contributed by atoms with van der Waals surface area (Å²) in [4.78, 5) is 7.15. The predicted molar refractivity (Wildman–Crippen MR) is 138 cm³/mol. The number of fused-ring (bicyclic) bond motifs is 1. The SMILES string of the molecule is Cc1c(C)n(Cc2ccc(C(F)(F)F)cc2)c2c(N3CCC(c4ccccc4)CC3)nccc12.Cl. The summed E-state index contributed by atoms with van der Waals surface area (Å²) in [6.07, 6.45) is -0.316. The molecule has 0 aliphatic carbocycles. The van der Waals surface area contributed by atoms with Crippen molar-refractivity contribution in [3.63, 3.8) is 0 Å². The lowest BCUT2D eigenvalue weighted by atomic mass is 9.89. The van der Waals surface area contributed by atoms with Crippen molar-refractivity contribution in [3.8, 4) is 0 Å². The second kappa shape index (κ2) is 9.94. The van der Waals surface area contributed by atoms with E-state index in [2.05, 4.69) is 53.6 Å².